The van der Waals surface area contributed by atoms with Crippen LogP contribution in [0.5, 0.6) is 0 Å². The zero-order chi connectivity index (χ0) is 12.7. The van der Waals surface area contributed by atoms with Gasteiger partial charge in [-0.2, -0.15) is 0 Å². The number of rotatable bonds is 7. The van der Waals surface area contributed by atoms with Gasteiger partial charge in [0.25, 0.3) is 0 Å². The summed E-state index contributed by atoms with van der Waals surface area (Å²) >= 11 is 0. The zero-order valence-electron chi connectivity index (χ0n) is 9.53. The number of benzene rings is 1. The van der Waals surface area contributed by atoms with Gasteiger partial charge in [-0.05, 0) is 5.56 Å². The van der Waals surface area contributed by atoms with Crippen LogP contribution in [0.3, 0.4) is 0 Å². The van der Waals surface area contributed by atoms with Crippen LogP contribution in [0.2, 0.25) is 0 Å². The van der Waals surface area contributed by atoms with Gasteiger partial charge in [-0.1, -0.05) is 30.3 Å². The minimum absolute atomic E-state index is 0.146. The summed E-state index contributed by atoms with van der Waals surface area (Å²) in [7, 11) is 0. The molecule has 0 aliphatic carbocycles. The van der Waals surface area contributed by atoms with E-state index >= 15 is 0 Å². The largest absolute Gasteiger partial charge is 0.394 e. The molecule has 1 aromatic rings. The highest BCUT2D eigenvalue weighted by Gasteiger charge is 2.23. The predicted octanol–water partition coefficient (Wildman–Crippen LogP) is -1.15. The van der Waals surface area contributed by atoms with Gasteiger partial charge in [0.1, 0.15) is 12.2 Å². The van der Waals surface area contributed by atoms with Gasteiger partial charge in [0.05, 0.1) is 12.7 Å². The number of hydrogen-bond acceptors (Lipinski definition) is 5. The molecule has 0 bridgehead atoms. The average molecular weight is 241 g/mol. The number of aliphatic hydroxyl groups is 4. The van der Waals surface area contributed by atoms with E-state index in [1.165, 1.54) is 0 Å². The van der Waals surface area contributed by atoms with Gasteiger partial charge in [0, 0.05) is 13.1 Å². The molecule has 3 atom stereocenters. The van der Waals surface area contributed by atoms with Crippen LogP contribution in [-0.2, 0) is 6.54 Å². The molecular formula is C12H19NO4. The SMILES string of the molecule is OC[C@H](O)[C@@H](O)[C@@H](O)CNCc1ccccc1. The monoisotopic (exact) mass is 241 g/mol. The molecule has 0 heterocycles. The van der Waals surface area contributed by atoms with Crippen LogP contribution in [0.15, 0.2) is 30.3 Å². The Morgan fingerprint density at radius 1 is 1.00 bits per heavy atom. The lowest BCUT2D eigenvalue weighted by Crippen LogP contribution is -2.44. The van der Waals surface area contributed by atoms with Gasteiger partial charge < -0.3 is 25.7 Å². The molecule has 0 saturated carbocycles. The fourth-order valence-corrected chi connectivity index (χ4v) is 1.45. The van der Waals surface area contributed by atoms with E-state index in [0.717, 1.165) is 5.56 Å². The number of nitrogens with one attached hydrogen (secondary N) is 1. The van der Waals surface area contributed by atoms with Gasteiger partial charge in [0.15, 0.2) is 0 Å². The van der Waals surface area contributed by atoms with E-state index < -0.39 is 24.9 Å². The first-order valence-electron chi connectivity index (χ1n) is 5.55. The van der Waals surface area contributed by atoms with Crippen LogP contribution in [0.1, 0.15) is 5.56 Å². The maximum absolute atomic E-state index is 9.51. The first-order valence-corrected chi connectivity index (χ1v) is 5.55. The minimum atomic E-state index is -1.34. The van der Waals surface area contributed by atoms with Crippen LogP contribution in [0, 0.1) is 0 Å². The fourth-order valence-electron chi connectivity index (χ4n) is 1.45. The lowest BCUT2D eigenvalue weighted by atomic mass is 10.1. The molecule has 5 nitrogen and oxygen atoms in total. The van der Waals surface area contributed by atoms with E-state index in [1.807, 2.05) is 30.3 Å². The number of hydrogen-bond donors (Lipinski definition) is 5. The molecule has 0 aromatic heterocycles. The fraction of sp³-hybridized carbons (Fsp3) is 0.500. The van der Waals surface area contributed by atoms with Gasteiger partial charge in [0.2, 0.25) is 0 Å². The van der Waals surface area contributed by atoms with Crippen molar-refractivity contribution < 1.29 is 20.4 Å². The third-order valence-electron chi connectivity index (χ3n) is 2.50. The van der Waals surface area contributed by atoms with Gasteiger partial charge in [-0.15, -0.1) is 0 Å². The lowest BCUT2D eigenvalue weighted by molar-refractivity contribution is -0.0750. The standard InChI is InChI=1S/C12H19NO4/c14-8-11(16)12(17)10(15)7-13-6-9-4-2-1-3-5-9/h1-5,10-17H,6-8H2/t10-,11-,12-/m0/s1. The summed E-state index contributed by atoms with van der Waals surface area (Å²) < 4.78 is 0. The first kappa shape index (κ1) is 14.1. The maximum Gasteiger partial charge on any atom is 0.109 e. The summed E-state index contributed by atoms with van der Waals surface area (Å²) in [5, 5.41) is 39.6. The molecule has 0 aliphatic rings. The Bertz CT molecular complexity index is 307. The van der Waals surface area contributed by atoms with Gasteiger partial charge >= 0.3 is 0 Å². The topological polar surface area (TPSA) is 93.0 Å². The zero-order valence-corrected chi connectivity index (χ0v) is 9.53. The molecule has 0 aliphatic heterocycles. The second kappa shape index (κ2) is 7.37. The van der Waals surface area contributed by atoms with Crippen LogP contribution < -0.4 is 5.32 Å². The molecule has 96 valence electrons. The molecule has 0 unspecified atom stereocenters. The van der Waals surface area contributed by atoms with Crippen molar-refractivity contribution in [2.75, 3.05) is 13.2 Å². The van der Waals surface area contributed by atoms with Crippen molar-refractivity contribution >= 4 is 0 Å². The minimum Gasteiger partial charge on any atom is -0.394 e. The molecule has 0 saturated heterocycles. The van der Waals surface area contributed by atoms with E-state index in [0.29, 0.717) is 6.54 Å². The van der Waals surface area contributed by atoms with Crippen molar-refractivity contribution in [2.24, 2.45) is 0 Å². The van der Waals surface area contributed by atoms with E-state index in [-0.39, 0.29) is 6.54 Å². The van der Waals surface area contributed by atoms with E-state index in [1.54, 1.807) is 0 Å². The predicted molar refractivity (Wildman–Crippen MR) is 63.3 cm³/mol. The molecule has 0 spiro atoms. The van der Waals surface area contributed by atoms with Crippen LogP contribution in [-0.4, -0.2) is 51.9 Å². The van der Waals surface area contributed by atoms with E-state index in [4.69, 9.17) is 10.2 Å². The first-order chi connectivity index (χ1) is 8.15. The third kappa shape index (κ3) is 4.80. The van der Waals surface area contributed by atoms with Gasteiger partial charge in [-0.3, -0.25) is 0 Å². The summed E-state index contributed by atoms with van der Waals surface area (Å²) in [5.74, 6) is 0. The van der Waals surface area contributed by atoms with Crippen molar-refractivity contribution in [2.45, 2.75) is 24.9 Å². The normalized spacial score (nSPS) is 16.5. The van der Waals surface area contributed by atoms with E-state index in [9.17, 15) is 10.2 Å². The Labute approximate surface area is 100 Å². The van der Waals surface area contributed by atoms with Crippen molar-refractivity contribution in [3.8, 4) is 0 Å². The van der Waals surface area contributed by atoms with Crippen LogP contribution >= 0.6 is 0 Å². The molecule has 0 fully saturated rings. The highest BCUT2D eigenvalue weighted by Crippen LogP contribution is 2.01. The van der Waals surface area contributed by atoms with Gasteiger partial charge in [-0.25, -0.2) is 0 Å². The summed E-state index contributed by atoms with van der Waals surface area (Å²) in [6.07, 6.45) is -3.77. The molecule has 0 radical (unpaired) electrons. The Morgan fingerprint density at radius 2 is 1.65 bits per heavy atom. The van der Waals surface area contributed by atoms with Crippen molar-refractivity contribution in [3.63, 3.8) is 0 Å². The molecule has 5 N–H and O–H groups in total. The van der Waals surface area contributed by atoms with Crippen LogP contribution in [0.25, 0.3) is 0 Å². The molecule has 5 heteroatoms. The summed E-state index contributed by atoms with van der Waals surface area (Å²) in [4.78, 5) is 0. The Hall–Kier alpha value is -0.980. The summed E-state index contributed by atoms with van der Waals surface area (Å²) in [6, 6.07) is 9.63. The van der Waals surface area contributed by atoms with Crippen molar-refractivity contribution in [3.05, 3.63) is 35.9 Å². The number of aliphatic hydroxyl groups excluding tert-OH is 4. The molecule has 1 aromatic carbocycles. The highest BCUT2D eigenvalue weighted by atomic mass is 16.4. The molecule has 17 heavy (non-hydrogen) atoms. The Kier molecular flexibility index (Phi) is 6.10. The van der Waals surface area contributed by atoms with Crippen molar-refractivity contribution in [1.82, 2.24) is 5.32 Å². The molecule has 0 amide bonds. The second-order valence-electron chi connectivity index (χ2n) is 3.92. The maximum atomic E-state index is 9.51. The Balaban J connectivity index is 2.27. The smallest absolute Gasteiger partial charge is 0.109 e. The third-order valence-corrected chi connectivity index (χ3v) is 2.50. The highest BCUT2D eigenvalue weighted by molar-refractivity contribution is 5.14. The lowest BCUT2D eigenvalue weighted by Gasteiger charge is -2.21. The van der Waals surface area contributed by atoms with E-state index in [2.05, 4.69) is 5.32 Å². The average Bonchev–Trinajstić information content (AvgIpc) is 2.38. The van der Waals surface area contributed by atoms with Crippen LogP contribution in [0.4, 0.5) is 0 Å². The van der Waals surface area contributed by atoms with Crippen molar-refractivity contribution in [1.29, 1.82) is 0 Å². The summed E-state index contributed by atoms with van der Waals surface area (Å²) in [5.41, 5.74) is 1.07. The summed E-state index contributed by atoms with van der Waals surface area (Å²) in [6.45, 7) is 0.143. The quantitative estimate of drug-likeness (QED) is 0.416. The molecular weight excluding hydrogens is 222 g/mol. The second-order valence-corrected chi connectivity index (χ2v) is 3.92. The Morgan fingerprint density at radius 3 is 2.24 bits per heavy atom. The molecule has 1 rings (SSSR count).